The van der Waals surface area contributed by atoms with Gasteiger partial charge in [-0.25, -0.2) is 0 Å². The monoisotopic (exact) mass is 198 g/mol. The quantitative estimate of drug-likeness (QED) is 0.696. The highest BCUT2D eigenvalue weighted by molar-refractivity contribution is 5.81. The van der Waals surface area contributed by atoms with Crippen molar-refractivity contribution < 1.29 is 4.79 Å². The number of rotatable bonds is 5. The zero-order chi connectivity index (χ0) is 10.7. The first-order chi connectivity index (χ1) is 6.56. The Morgan fingerprint density at radius 3 is 2.64 bits per heavy atom. The number of amides is 1. The Morgan fingerprint density at radius 1 is 1.64 bits per heavy atom. The number of hydrogen-bond donors (Lipinski definition) is 2. The maximum atomic E-state index is 11.5. The summed E-state index contributed by atoms with van der Waals surface area (Å²) in [5.74, 6) is 1.77. The fourth-order valence-electron chi connectivity index (χ4n) is 1.55. The van der Waals surface area contributed by atoms with Crippen LogP contribution in [0.15, 0.2) is 0 Å². The third-order valence-electron chi connectivity index (χ3n) is 3.37. The Bertz CT molecular complexity index is 205. The molecule has 0 aromatic heterocycles. The second-order valence-electron chi connectivity index (χ2n) is 4.63. The SMILES string of the molecule is CCC(C)[C@H](N)C(=O)NCC1CC1C. The molecule has 3 heteroatoms. The lowest BCUT2D eigenvalue weighted by molar-refractivity contribution is -0.123. The van der Waals surface area contributed by atoms with Gasteiger partial charge < -0.3 is 11.1 Å². The fraction of sp³-hybridized carbons (Fsp3) is 0.909. The molecule has 1 aliphatic carbocycles. The van der Waals surface area contributed by atoms with Gasteiger partial charge in [-0.05, 0) is 24.2 Å². The van der Waals surface area contributed by atoms with E-state index >= 15 is 0 Å². The van der Waals surface area contributed by atoms with E-state index in [9.17, 15) is 4.79 Å². The fourth-order valence-corrected chi connectivity index (χ4v) is 1.55. The van der Waals surface area contributed by atoms with Gasteiger partial charge in [0.05, 0.1) is 6.04 Å². The van der Waals surface area contributed by atoms with Crippen molar-refractivity contribution in [1.82, 2.24) is 5.32 Å². The van der Waals surface area contributed by atoms with Crippen LogP contribution in [0.5, 0.6) is 0 Å². The highest BCUT2D eigenvalue weighted by atomic mass is 16.2. The van der Waals surface area contributed by atoms with Crippen molar-refractivity contribution >= 4 is 5.91 Å². The zero-order valence-corrected chi connectivity index (χ0v) is 9.42. The molecule has 3 nitrogen and oxygen atoms in total. The predicted molar refractivity (Wildman–Crippen MR) is 57.7 cm³/mol. The summed E-state index contributed by atoms with van der Waals surface area (Å²) >= 11 is 0. The van der Waals surface area contributed by atoms with Crippen molar-refractivity contribution in [2.45, 2.75) is 39.7 Å². The number of carbonyl (C=O) groups excluding carboxylic acids is 1. The third kappa shape index (κ3) is 2.98. The van der Waals surface area contributed by atoms with Gasteiger partial charge in [-0.15, -0.1) is 0 Å². The minimum atomic E-state index is -0.339. The van der Waals surface area contributed by atoms with Crippen LogP contribution in [0.1, 0.15) is 33.6 Å². The molecule has 82 valence electrons. The van der Waals surface area contributed by atoms with Gasteiger partial charge in [-0.3, -0.25) is 4.79 Å². The minimum absolute atomic E-state index is 0.0125. The van der Waals surface area contributed by atoms with Crippen LogP contribution >= 0.6 is 0 Å². The lowest BCUT2D eigenvalue weighted by Gasteiger charge is -2.17. The van der Waals surface area contributed by atoms with E-state index in [1.54, 1.807) is 0 Å². The lowest BCUT2D eigenvalue weighted by atomic mass is 9.99. The smallest absolute Gasteiger partial charge is 0.237 e. The molecule has 3 N–H and O–H groups in total. The van der Waals surface area contributed by atoms with Gasteiger partial charge in [0.2, 0.25) is 5.91 Å². The molecule has 0 spiro atoms. The normalized spacial score (nSPS) is 29.4. The van der Waals surface area contributed by atoms with Gasteiger partial charge in [0.15, 0.2) is 0 Å². The van der Waals surface area contributed by atoms with Crippen LogP contribution in [0.3, 0.4) is 0 Å². The molecule has 0 aromatic carbocycles. The zero-order valence-electron chi connectivity index (χ0n) is 9.42. The third-order valence-corrected chi connectivity index (χ3v) is 3.37. The average molecular weight is 198 g/mol. The highest BCUT2D eigenvalue weighted by Crippen LogP contribution is 2.36. The number of hydrogen-bond acceptors (Lipinski definition) is 2. The second kappa shape index (κ2) is 4.78. The van der Waals surface area contributed by atoms with E-state index in [-0.39, 0.29) is 17.9 Å². The largest absolute Gasteiger partial charge is 0.354 e. The Morgan fingerprint density at radius 2 is 2.21 bits per heavy atom. The topological polar surface area (TPSA) is 55.1 Å². The van der Waals surface area contributed by atoms with Gasteiger partial charge in [0.25, 0.3) is 0 Å². The maximum Gasteiger partial charge on any atom is 0.237 e. The van der Waals surface area contributed by atoms with Crippen molar-refractivity contribution in [3.63, 3.8) is 0 Å². The van der Waals surface area contributed by atoms with Crippen molar-refractivity contribution in [1.29, 1.82) is 0 Å². The Hall–Kier alpha value is -0.570. The van der Waals surface area contributed by atoms with E-state index < -0.39 is 0 Å². The summed E-state index contributed by atoms with van der Waals surface area (Å²) in [5.41, 5.74) is 5.80. The van der Waals surface area contributed by atoms with E-state index in [2.05, 4.69) is 19.2 Å². The lowest BCUT2D eigenvalue weighted by Crippen LogP contribution is -2.45. The molecule has 1 aliphatic rings. The van der Waals surface area contributed by atoms with Crippen molar-refractivity contribution in [3.8, 4) is 0 Å². The van der Waals surface area contributed by atoms with Crippen LogP contribution in [0, 0.1) is 17.8 Å². The Kier molecular flexibility index (Phi) is 3.93. The summed E-state index contributed by atoms with van der Waals surface area (Å²) in [6, 6.07) is -0.339. The summed E-state index contributed by atoms with van der Waals surface area (Å²) in [6.45, 7) is 7.10. The van der Waals surface area contributed by atoms with Crippen LogP contribution < -0.4 is 11.1 Å². The first-order valence-electron chi connectivity index (χ1n) is 5.59. The number of nitrogens with two attached hydrogens (primary N) is 1. The summed E-state index contributed by atoms with van der Waals surface area (Å²) in [6.07, 6.45) is 2.20. The van der Waals surface area contributed by atoms with Crippen molar-refractivity contribution in [2.75, 3.05) is 6.54 Å². The van der Waals surface area contributed by atoms with E-state index in [0.29, 0.717) is 5.92 Å². The summed E-state index contributed by atoms with van der Waals surface area (Å²) in [5, 5.41) is 2.93. The average Bonchev–Trinajstić information content (AvgIpc) is 2.88. The van der Waals surface area contributed by atoms with Crippen molar-refractivity contribution in [2.24, 2.45) is 23.5 Å². The molecule has 3 unspecified atom stereocenters. The molecule has 14 heavy (non-hydrogen) atoms. The van der Waals surface area contributed by atoms with Crippen molar-refractivity contribution in [3.05, 3.63) is 0 Å². The summed E-state index contributed by atoms with van der Waals surface area (Å²) in [7, 11) is 0. The van der Waals surface area contributed by atoms with Crippen LogP contribution in [0.2, 0.25) is 0 Å². The first kappa shape index (κ1) is 11.5. The molecular formula is C11H22N2O. The molecule has 0 aliphatic heterocycles. The molecule has 1 fully saturated rings. The van der Waals surface area contributed by atoms with Gasteiger partial charge in [-0.1, -0.05) is 27.2 Å². The molecule has 4 atom stereocenters. The van der Waals surface area contributed by atoms with Crippen LogP contribution in [0.4, 0.5) is 0 Å². The molecule has 0 aromatic rings. The van der Waals surface area contributed by atoms with Gasteiger partial charge in [0.1, 0.15) is 0 Å². The number of carbonyl (C=O) groups is 1. The summed E-state index contributed by atoms with van der Waals surface area (Å²) in [4.78, 5) is 11.5. The first-order valence-corrected chi connectivity index (χ1v) is 5.59. The minimum Gasteiger partial charge on any atom is -0.354 e. The second-order valence-corrected chi connectivity index (χ2v) is 4.63. The molecule has 1 saturated carbocycles. The maximum absolute atomic E-state index is 11.5. The Labute approximate surface area is 86.4 Å². The van der Waals surface area contributed by atoms with E-state index in [4.69, 9.17) is 5.73 Å². The van der Waals surface area contributed by atoms with Gasteiger partial charge in [0, 0.05) is 6.54 Å². The molecule has 0 saturated heterocycles. The molecule has 0 radical (unpaired) electrons. The molecular weight excluding hydrogens is 176 g/mol. The molecule has 1 rings (SSSR count). The van der Waals surface area contributed by atoms with Crippen LogP contribution in [0.25, 0.3) is 0 Å². The van der Waals surface area contributed by atoms with E-state index in [0.717, 1.165) is 18.9 Å². The van der Waals surface area contributed by atoms with Crippen LogP contribution in [-0.2, 0) is 4.79 Å². The molecule has 0 bridgehead atoms. The summed E-state index contributed by atoms with van der Waals surface area (Å²) < 4.78 is 0. The Balaban J connectivity index is 2.20. The predicted octanol–water partition coefficient (Wildman–Crippen LogP) is 1.13. The molecule has 0 heterocycles. The van der Waals surface area contributed by atoms with E-state index in [1.807, 2.05) is 6.92 Å². The number of nitrogens with one attached hydrogen (secondary N) is 1. The van der Waals surface area contributed by atoms with Crippen LogP contribution in [-0.4, -0.2) is 18.5 Å². The molecule has 1 amide bonds. The van der Waals surface area contributed by atoms with Gasteiger partial charge >= 0.3 is 0 Å². The van der Waals surface area contributed by atoms with Gasteiger partial charge in [-0.2, -0.15) is 0 Å². The van der Waals surface area contributed by atoms with E-state index in [1.165, 1.54) is 6.42 Å². The standard InChI is InChI=1S/C11H22N2O/c1-4-7(2)10(12)11(14)13-6-9-5-8(9)3/h7-10H,4-6,12H2,1-3H3,(H,13,14)/t7?,8?,9?,10-/m0/s1. The highest BCUT2D eigenvalue weighted by Gasteiger charge is 2.33.